The van der Waals surface area contributed by atoms with Gasteiger partial charge in [-0.05, 0) is 36.6 Å². The number of hydrogen-bond acceptors (Lipinski definition) is 3. The molecule has 0 aliphatic heterocycles. The van der Waals surface area contributed by atoms with Gasteiger partial charge in [-0.15, -0.1) is 0 Å². The molecule has 1 amide bonds. The number of halogens is 1. The van der Waals surface area contributed by atoms with E-state index >= 15 is 0 Å². The molecule has 0 saturated carbocycles. The number of anilines is 1. The zero-order valence-corrected chi connectivity index (χ0v) is 13.6. The van der Waals surface area contributed by atoms with Crippen molar-refractivity contribution in [2.45, 2.75) is 19.3 Å². The highest BCUT2D eigenvalue weighted by molar-refractivity contribution is 6.31. The van der Waals surface area contributed by atoms with Crippen LogP contribution in [0, 0.1) is 0 Å². The number of rotatable bonds is 8. The number of amides is 1. The van der Waals surface area contributed by atoms with Crippen LogP contribution >= 0.6 is 11.6 Å². The minimum absolute atomic E-state index is 0.00172. The fraction of sp³-hybridized carbons (Fsp3) is 0.278. The van der Waals surface area contributed by atoms with Gasteiger partial charge in [-0.1, -0.05) is 41.9 Å². The van der Waals surface area contributed by atoms with Gasteiger partial charge in [0.05, 0.1) is 12.3 Å². The van der Waals surface area contributed by atoms with E-state index in [1.807, 2.05) is 18.2 Å². The molecule has 0 bridgehead atoms. The van der Waals surface area contributed by atoms with Gasteiger partial charge in [0.25, 0.3) is 0 Å². The second-order valence-corrected chi connectivity index (χ2v) is 5.60. The Bertz CT molecular complexity index is 631. The van der Waals surface area contributed by atoms with Crippen LogP contribution in [0.5, 0.6) is 5.75 Å². The van der Waals surface area contributed by atoms with Crippen molar-refractivity contribution in [1.82, 2.24) is 0 Å². The minimum Gasteiger partial charge on any atom is -0.506 e. The second kappa shape index (κ2) is 9.18. The van der Waals surface area contributed by atoms with E-state index in [0.29, 0.717) is 36.8 Å². The molecule has 0 heterocycles. The Balaban J connectivity index is 1.60. The maximum absolute atomic E-state index is 11.8. The van der Waals surface area contributed by atoms with Gasteiger partial charge < -0.3 is 15.2 Å². The molecule has 2 N–H and O–H groups in total. The Morgan fingerprint density at radius 3 is 2.70 bits per heavy atom. The SMILES string of the molecule is O=C(CCCOCCc1ccccc1)Nc1cc(Cl)ccc1O. The first kappa shape index (κ1) is 17.3. The van der Waals surface area contributed by atoms with E-state index in [0.717, 1.165) is 6.42 Å². The lowest BCUT2D eigenvalue weighted by molar-refractivity contribution is -0.116. The van der Waals surface area contributed by atoms with Crippen LogP contribution in [0.15, 0.2) is 48.5 Å². The molecule has 23 heavy (non-hydrogen) atoms. The van der Waals surface area contributed by atoms with Crippen molar-refractivity contribution in [1.29, 1.82) is 0 Å². The predicted octanol–water partition coefficient (Wildman–Crippen LogP) is 4.02. The molecule has 0 fully saturated rings. The Kier molecular flexibility index (Phi) is 6.91. The van der Waals surface area contributed by atoms with Crippen molar-refractivity contribution in [2.24, 2.45) is 0 Å². The Morgan fingerprint density at radius 2 is 1.91 bits per heavy atom. The lowest BCUT2D eigenvalue weighted by Gasteiger charge is -2.08. The molecule has 0 spiro atoms. The molecule has 0 aliphatic carbocycles. The largest absolute Gasteiger partial charge is 0.506 e. The first-order valence-electron chi connectivity index (χ1n) is 7.55. The van der Waals surface area contributed by atoms with Gasteiger partial charge in [-0.3, -0.25) is 4.79 Å². The van der Waals surface area contributed by atoms with Gasteiger partial charge >= 0.3 is 0 Å². The van der Waals surface area contributed by atoms with Gasteiger partial charge in [0.2, 0.25) is 5.91 Å². The first-order valence-corrected chi connectivity index (χ1v) is 7.93. The summed E-state index contributed by atoms with van der Waals surface area (Å²) in [5.74, 6) is -0.170. The third-order valence-electron chi connectivity index (χ3n) is 3.30. The monoisotopic (exact) mass is 333 g/mol. The summed E-state index contributed by atoms with van der Waals surface area (Å²) in [6.45, 7) is 1.17. The van der Waals surface area contributed by atoms with E-state index in [-0.39, 0.29) is 11.7 Å². The van der Waals surface area contributed by atoms with Crippen LogP contribution in [-0.2, 0) is 16.0 Å². The molecule has 2 rings (SSSR count). The number of ether oxygens (including phenoxy) is 1. The molecule has 2 aromatic rings. The zero-order chi connectivity index (χ0) is 16.5. The first-order chi connectivity index (χ1) is 11.1. The molecule has 122 valence electrons. The fourth-order valence-corrected chi connectivity index (χ4v) is 2.26. The summed E-state index contributed by atoms with van der Waals surface area (Å²) in [6.07, 6.45) is 1.82. The lowest BCUT2D eigenvalue weighted by Crippen LogP contribution is -2.12. The fourth-order valence-electron chi connectivity index (χ4n) is 2.09. The number of carbonyl (C=O) groups excluding carboxylic acids is 1. The third kappa shape index (κ3) is 6.30. The molecule has 2 aromatic carbocycles. The molecule has 0 aliphatic rings. The van der Waals surface area contributed by atoms with Crippen molar-refractivity contribution in [3.63, 3.8) is 0 Å². The predicted molar refractivity (Wildman–Crippen MR) is 91.9 cm³/mol. The molecule has 4 nitrogen and oxygen atoms in total. The number of hydrogen-bond donors (Lipinski definition) is 2. The number of phenols is 1. The van der Waals surface area contributed by atoms with E-state index in [2.05, 4.69) is 17.4 Å². The number of aromatic hydroxyl groups is 1. The molecule has 0 aromatic heterocycles. The van der Waals surface area contributed by atoms with Crippen LogP contribution < -0.4 is 5.32 Å². The smallest absolute Gasteiger partial charge is 0.224 e. The summed E-state index contributed by atoms with van der Waals surface area (Å²) in [6, 6.07) is 14.7. The van der Waals surface area contributed by atoms with E-state index in [1.165, 1.54) is 17.7 Å². The molecule has 0 atom stereocenters. The van der Waals surface area contributed by atoms with Crippen LogP contribution in [0.2, 0.25) is 5.02 Å². The summed E-state index contributed by atoms with van der Waals surface area (Å²) < 4.78 is 5.53. The van der Waals surface area contributed by atoms with E-state index in [1.54, 1.807) is 6.07 Å². The van der Waals surface area contributed by atoms with Crippen molar-refractivity contribution in [3.05, 3.63) is 59.1 Å². The van der Waals surface area contributed by atoms with Crippen molar-refractivity contribution < 1.29 is 14.6 Å². The van der Waals surface area contributed by atoms with Gasteiger partial charge in [-0.2, -0.15) is 0 Å². The van der Waals surface area contributed by atoms with Crippen LogP contribution in [-0.4, -0.2) is 24.2 Å². The molecular weight excluding hydrogens is 314 g/mol. The van der Waals surface area contributed by atoms with Crippen molar-refractivity contribution in [2.75, 3.05) is 18.5 Å². The van der Waals surface area contributed by atoms with E-state index in [4.69, 9.17) is 16.3 Å². The Morgan fingerprint density at radius 1 is 1.13 bits per heavy atom. The normalized spacial score (nSPS) is 10.5. The molecular formula is C18H20ClNO3. The zero-order valence-electron chi connectivity index (χ0n) is 12.8. The summed E-state index contributed by atoms with van der Waals surface area (Å²) in [5, 5.41) is 12.7. The van der Waals surface area contributed by atoms with Gasteiger partial charge in [0.1, 0.15) is 5.75 Å². The molecule has 0 saturated heterocycles. The quantitative estimate of drug-likeness (QED) is 0.566. The van der Waals surface area contributed by atoms with Crippen molar-refractivity contribution >= 4 is 23.2 Å². The highest BCUT2D eigenvalue weighted by Gasteiger charge is 2.07. The van der Waals surface area contributed by atoms with E-state index in [9.17, 15) is 9.90 Å². The molecule has 5 heteroatoms. The highest BCUT2D eigenvalue weighted by atomic mass is 35.5. The van der Waals surface area contributed by atoms with Crippen LogP contribution in [0.4, 0.5) is 5.69 Å². The highest BCUT2D eigenvalue weighted by Crippen LogP contribution is 2.26. The summed E-state index contributed by atoms with van der Waals surface area (Å²) >= 11 is 5.83. The van der Waals surface area contributed by atoms with E-state index < -0.39 is 0 Å². The average Bonchev–Trinajstić information content (AvgIpc) is 2.55. The molecule has 0 unspecified atom stereocenters. The topological polar surface area (TPSA) is 58.6 Å². The molecule has 0 radical (unpaired) electrons. The number of benzene rings is 2. The third-order valence-corrected chi connectivity index (χ3v) is 3.54. The second-order valence-electron chi connectivity index (χ2n) is 5.16. The lowest BCUT2D eigenvalue weighted by atomic mass is 10.2. The summed E-state index contributed by atoms with van der Waals surface area (Å²) in [7, 11) is 0. The maximum atomic E-state index is 11.8. The standard InChI is InChI=1S/C18H20ClNO3/c19-15-8-9-17(21)16(13-15)20-18(22)7-4-11-23-12-10-14-5-2-1-3-6-14/h1-3,5-6,8-9,13,21H,4,7,10-12H2,(H,20,22). The number of nitrogens with one attached hydrogen (secondary N) is 1. The van der Waals surface area contributed by atoms with Gasteiger partial charge in [-0.25, -0.2) is 0 Å². The minimum atomic E-state index is -0.172. The van der Waals surface area contributed by atoms with Crippen molar-refractivity contribution in [3.8, 4) is 5.75 Å². The maximum Gasteiger partial charge on any atom is 0.224 e. The van der Waals surface area contributed by atoms with Gasteiger partial charge in [0, 0.05) is 18.1 Å². The summed E-state index contributed by atoms with van der Waals surface area (Å²) in [5.41, 5.74) is 1.56. The van der Waals surface area contributed by atoms with Gasteiger partial charge in [0.15, 0.2) is 0 Å². The summed E-state index contributed by atoms with van der Waals surface area (Å²) in [4.78, 5) is 11.8. The average molecular weight is 334 g/mol. The Labute approximate surface area is 141 Å². The van der Waals surface area contributed by atoms with Crippen LogP contribution in [0.25, 0.3) is 0 Å². The van der Waals surface area contributed by atoms with Crippen LogP contribution in [0.3, 0.4) is 0 Å². The Hall–Kier alpha value is -2.04. The number of phenolic OH excluding ortho intramolecular Hbond substituents is 1. The number of carbonyl (C=O) groups is 1. The van der Waals surface area contributed by atoms with Crippen LogP contribution in [0.1, 0.15) is 18.4 Å².